The van der Waals surface area contributed by atoms with E-state index in [0.717, 1.165) is 44.6 Å². The van der Waals surface area contributed by atoms with Crippen LogP contribution in [0.5, 0.6) is 0 Å². The first-order valence-corrected chi connectivity index (χ1v) is 14.3. The van der Waals surface area contributed by atoms with Crippen molar-refractivity contribution in [2.45, 2.75) is 70.1 Å². The van der Waals surface area contributed by atoms with Crippen molar-refractivity contribution in [3.8, 4) is 0 Å². The van der Waals surface area contributed by atoms with Crippen molar-refractivity contribution in [2.75, 3.05) is 46.3 Å². The number of nitrogens with zero attached hydrogens (tertiary/aromatic N) is 3. The monoisotopic (exact) mass is 565 g/mol. The summed E-state index contributed by atoms with van der Waals surface area (Å²) in [6.45, 7) is 8.68. The van der Waals surface area contributed by atoms with Crippen LogP contribution >= 0.6 is 0 Å². The van der Waals surface area contributed by atoms with Crippen LogP contribution in [0.2, 0.25) is 0 Å². The van der Waals surface area contributed by atoms with E-state index >= 15 is 4.39 Å². The Bertz CT molecular complexity index is 1050. The van der Waals surface area contributed by atoms with Crippen LogP contribution in [0.3, 0.4) is 0 Å². The molecule has 0 spiro atoms. The van der Waals surface area contributed by atoms with Crippen LogP contribution in [0.25, 0.3) is 0 Å². The average Bonchev–Trinajstić information content (AvgIpc) is 2.96. The number of hydrogen-bond acceptors (Lipinski definition) is 5. The normalized spacial score (nSPS) is 17.8. The zero-order valence-electron chi connectivity index (χ0n) is 23.8. The molecule has 0 amide bonds. The Hall–Kier alpha value is -2.33. The summed E-state index contributed by atoms with van der Waals surface area (Å²) in [6, 6.07) is 13.3. The first kappa shape index (κ1) is 32.2. The zero-order chi connectivity index (χ0) is 29.3. The van der Waals surface area contributed by atoms with Gasteiger partial charge in [0.15, 0.2) is 12.0 Å². The summed E-state index contributed by atoms with van der Waals surface area (Å²) in [5.74, 6) is -0.557. The number of likely N-dealkylation sites (tertiary alicyclic amines) is 1. The van der Waals surface area contributed by atoms with Crippen LogP contribution in [0.4, 0.5) is 17.6 Å². The van der Waals surface area contributed by atoms with E-state index in [-0.39, 0.29) is 31.0 Å². The summed E-state index contributed by atoms with van der Waals surface area (Å²) in [6.07, 6.45) is -4.27. The van der Waals surface area contributed by atoms with Gasteiger partial charge in [0, 0.05) is 25.1 Å². The second kappa shape index (κ2) is 14.5. The third kappa shape index (κ3) is 8.59. The van der Waals surface area contributed by atoms with Crippen LogP contribution in [0, 0.1) is 0 Å². The van der Waals surface area contributed by atoms with E-state index < -0.39 is 29.3 Å². The molecule has 9 heteroatoms. The van der Waals surface area contributed by atoms with Crippen molar-refractivity contribution in [1.82, 2.24) is 14.7 Å². The highest BCUT2D eigenvalue weighted by Gasteiger charge is 2.40. The molecule has 0 aliphatic carbocycles. The quantitative estimate of drug-likeness (QED) is 0.174. The Labute approximate surface area is 235 Å². The predicted octanol–water partition coefficient (Wildman–Crippen LogP) is 5.98. The van der Waals surface area contributed by atoms with Gasteiger partial charge in [0.25, 0.3) is 0 Å². The molecule has 2 unspecified atom stereocenters. The van der Waals surface area contributed by atoms with Gasteiger partial charge in [-0.3, -0.25) is 14.6 Å². The van der Waals surface area contributed by atoms with E-state index in [2.05, 4.69) is 28.5 Å². The maximum absolute atomic E-state index is 15.4. The zero-order valence-corrected chi connectivity index (χ0v) is 23.8. The van der Waals surface area contributed by atoms with E-state index in [1.165, 1.54) is 12.1 Å². The Morgan fingerprint density at radius 1 is 1.00 bits per heavy atom. The topological polar surface area (TPSA) is 47.0 Å². The first-order valence-electron chi connectivity index (χ1n) is 14.3. The fourth-order valence-electron chi connectivity index (χ4n) is 5.53. The second-order valence-electron chi connectivity index (χ2n) is 10.8. The summed E-state index contributed by atoms with van der Waals surface area (Å²) in [7, 11) is 1.93. The SMILES string of the molecule is CCN(CC)CCCCN(C)C(CC(F)C(=O)c1ccccc1)N1CCC(O)(c2cccc(C(F)(F)F)c2)CC1. The summed E-state index contributed by atoms with van der Waals surface area (Å²) in [5.41, 5.74) is -1.62. The Morgan fingerprint density at radius 2 is 1.62 bits per heavy atom. The summed E-state index contributed by atoms with van der Waals surface area (Å²) < 4.78 is 55.3. The minimum Gasteiger partial charge on any atom is -0.385 e. The number of piperidine rings is 1. The molecular formula is C31H43F4N3O2. The number of ketones is 1. The highest BCUT2D eigenvalue weighted by molar-refractivity contribution is 5.99. The number of benzene rings is 2. The third-order valence-electron chi connectivity index (χ3n) is 8.17. The van der Waals surface area contributed by atoms with Crippen LogP contribution in [-0.4, -0.2) is 84.2 Å². The molecule has 0 bridgehead atoms. The van der Waals surface area contributed by atoms with Crippen molar-refractivity contribution < 1.29 is 27.5 Å². The highest BCUT2D eigenvalue weighted by Crippen LogP contribution is 2.37. The van der Waals surface area contributed by atoms with Gasteiger partial charge in [0.05, 0.1) is 17.3 Å². The fraction of sp³-hybridized carbons (Fsp3) is 0.581. The van der Waals surface area contributed by atoms with Gasteiger partial charge >= 0.3 is 6.18 Å². The van der Waals surface area contributed by atoms with Crippen LogP contribution < -0.4 is 0 Å². The Morgan fingerprint density at radius 3 is 2.23 bits per heavy atom. The van der Waals surface area contributed by atoms with Crippen molar-refractivity contribution in [2.24, 2.45) is 0 Å². The molecule has 2 aromatic carbocycles. The van der Waals surface area contributed by atoms with Gasteiger partial charge in [-0.15, -0.1) is 0 Å². The molecule has 1 N–H and O–H groups in total. The largest absolute Gasteiger partial charge is 0.416 e. The molecule has 0 saturated carbocycles. The summed E-state index contributed by atoms with van der Waals surface area (Å²) in [4.78, 5) is 19.3. The molecule has 1 aliphatic heterocycles. The van der Waals surface area contributed by atoms with Crippen LogP contribution in [0.15, 0.2) is 54.6 Å². The van der Waals surface area contributed by atoms with Crippen LogP contribution in [0.1, 0.15) is 67.4 Å². The van der Waals surface area contributed by atoms with Gasteiger partial charge in [-0.05, 0) is 76.6 Å². The molecule has 5 nitrogen and oxygen atoms in total. The Balaban J connectivity index is 1.71. The number of rotatable bonds is 14. The van der Waals surface area contributed by atoms with E-state index in [4.69, 9.17) is 0 Å². The molecule has 40 heavy (non-hydrogen) atoms. The lowest BCUT2D eigenvalue weighted by atomic mass is 9.83. The molecule has 0 aromatic heterocycles. The summed E-state index contributed by atoms with van der Waals surface area (Å²) >= 11 is 0. The number of unbranched alkanes of at least 4 members (excludes halogenated alkanes) is 1. The van der Waals surface area contributed by atoms with Gasteiger partial charge in [0.2, 0.25) is 0 Å². The molecule has 1 aliphatic rings. The lowest BCUT2D eigenvalue weighted by molar-refractivity contribution is -0.137. The molecule has 1 fully saturated rings. The molecule has 222 valence electrons. The number of halogens is 4. The van der Waals surface area contributed by atoms with Crippen molar-refractivity contribution >= 4 is 5.78 Å². The molecule has 3 rings (SSSR count). The highest BCUT2D eigenvalue weighted by atomic mass is 19.4. The average molecular weight is 566 g/mol. The molecule has 2 aromatic rings. The van der Waals surface area contributed by atoms with Crippen molar-refractivity contribution in [3.05, 3.63) is 71.3 Å². The van der Waals surface area contributed by atoms with Gasteiger partial charge in [-0.1, -0.05) is 56.3 Å². The summed E-state index contributed by atoms with van der Waals surface area (Å²) in [5, 5.41) is 11.3. The lowest BCUT2D eigenvalue weighted by Crippen LogP contribution is -2.54. The number of alkyl halides is 4. The van der Waals surface area contributed by atoms with Gasteiger partial charge in [-0.2, -0.15) is 13.2 Å². The lowest BCUT2D eigenvalue weighted by Gasteiger charge is -2.45. The molecule has 1 saturated heterocycles. The van der Waals surface area contributed by atoms with Gasteiger partial charge < -0.3 is 10.0 Å². The van der Waals surface area contributed by atoms with E-state index in [0.29, 0.717) is 25.2 Å². The van der Waals surface area contributed by atoms with Gasteiger partial charge in [-0.25, -0.2) is 4.39 Å². The second-order valence-corrected chi connectivity index (χ2v) is 10.8. The van der Waals surface area contributed by atoms with Gasteiger partial charge in [0.1, 0.15) is 0 Å². The molecule has 1 heterocycles. The molecule has 2 atom stereocenters. The number of carbonyl (C=O) groups is 1. The van der Waals surface area contributed by atoms with E-state index in [1.54, 1.807) is 30.3 Å². The minimum absolute atomic E-state index is 0.0255. The standard InChI is InChI=1S/C31H43F4N3O2/c1-4-37(5-2)19-10-9-18-36(3)28(23-27(32)29(39)24-12-7-6-8-13-24)38-20-16-30(40,17-21-38)25-14-11-15-26(22-25)31(33,34)35/h6-8,11-15,22,27-28,40H,4-5,9-10,16-21,23H2,1-3H3. The molecular weight excluding hydrogens is 522 g/mol. The predicted molar refractivity (Wildman–Crippen MR) is 150 cm³/mol. The van der Waals surface area contributed by atoms with E-state index in [9.17, 15) is 23.1 Å². The van der Waals surface area contributed by atoms with Crippen molar-refractivity contribution in [3.63, 3.8) is 0 Å². The number of hydrogen-bond donors (Lipinski definition) is 1. The first-order chi connectivity index (χ1) is 19.0. The number of carbonyl (C=O) groups excluding carboxylic acids is 1. The fourth-order valence-corrected chi connectivity index (χ4v) is 5.53. The Kier molecular flexibility index (Phi) is 11.7. The maximum Gasteiger partial charge on any atom is 0.416 e. The number of Topliss-reactive ketones (excluding diaryl/α,β-unsaturated/α-hetero) is 1. The maximum atomic E-state index is 15.4. The third-order valence-corrected chi connectivity index (χ3v) is 8.17. The van der Waals surface area contributed by atoms with E-state index in [1.807, 2.05) is 7.05 Å². The smallest absolute Gasteiger partial charge is 0.385 e. The number of aliphatic hydroxyl groups is 1. The van der Waals surface area contributed by atoms with Crippen molar-refractivity contribution in [1.29, 1.82) is 0 Å². The molecule has 0 radical (unpaired) electrons. The minimum atomic E-state index is -4.49. The van der Waals surface area contributed by atoms with Crippen LogP contribution in [-0.2, 0) is 11.8 Å².